The molecule has 0 radical (unpaired) electrons. The van der Waals surface area contributed by atoms with Crippen LogP contribution in [0.5, 0.6) is 0 Å². The minimum absolute atomic E-state index is 1.03. The molecule has 0 atom stereocenters. The van der Waals surface area contributed by atoms with Crippen LogP contribution in [0.1, 0.15) is 11.4 Å². The Morgan fingerprint density at radius 3 is 2.55 bits per heavy atom. The van der Waals surface area contributed by atoms with Crippen LogP contribution in [0, 0.1) is 13.8 Å². The van der Waals surface area contributed by atoms with Gasteiger partial charge in [-0.05, 0) is 32.0 Å². The van der Waals surface area contributed by atoms with Gasteiger partial charge < -0.3 is 4.40 Å². The van der Waals surface area contributed by atoms with E-state index in [9.17, 15) is 0 Å². The normalized spacial score (nSPS) is 10.7. The number of hydrogen-bond acceptors (Lipinski definition) is 1. The molecule has 0 amide bonds. The van der Waals surface area contributed by atoms with Crippen molar-refractivity contribution in [2.45, 2.75) is 13.8 Å². The summed E-state index contributed by atoms with van der Waals surface area (Å²) in [7, 11) is 0. The Bertz CT molecular complexity index is 387. The van der Waals surface area contributed by atoms with Gasteiger partial charge in [-0.3, -0.25) is 0 Å². The second-order valence-corrected chi connectivity index (χ2v) is 2.75. The van der Waals surface area contributed by atoms with Crippen LogP contribution in [0.25, 0.3) is 5.65 Å². The van der Waals surface area contributed by atoms with Gasteiger partial charge in [-0.2, -0.15) is 0 Å². The summed E-state index contributed by atoms with van der Waals surface area (Å²) in [5.41, 5.74) is 3.51. The van der Waals surface area contributed by atoms with E-state index >= 15 is 0 Å². The zero-order valence-electron chi connectivity index (χ0n) is 6.70. The van der Waals surface area contributed by atoms with Gasteiger partial charge in [0.2, 0.25) is 0 Å². The number of nitrogens with zero attached hydrogens (tertiary/aromatic N) is 2. The Kier molecular flexibility index (Phi) is 1.22. The van der Waals surface area contributed by atoms with Gasteiger partial charge in [0.15, 0.2) is 0 Å². The van der Waals surface area contributed by atoms with E-state index in [2.05, 4.69) is 29.3 Å². The Labute approximate surface area is 65.5 Å². The van der Waals surface area contributed by atoms with Crippen LogP contribution < -0.4 is 0 Å². The number of rotatable bonds is 0. The summed E-state index contributed by atoms with van der Waals surface area (Å²) in [6, 6.07) is 6.12. The fourth-order valence-electron chi connectivity index (χ4n) is 1.38. The van der Waals surface area contributed by atoms with E-state index in [-0.39, 0.29) is 0 Å². The highest BCUT2D eigenvalue weighted by molar-refractivity contribution is 5.42. The summed E-state index contributed by atoms with van der Waals surface area (Å²) in [4.78, 5) is 4.23. The third-order valence-electron chi connectivity index (χ3n) is 1.93. The van der Waals surface area contributed by atoms with Gasteiger partial charge in [0.25, 0.3) is 0 Å². The highest BCUT2D eigenvalue weighted by Gasteiger charge is 1.98. The molecule has 0 spiro atoms. The fourth-order valence-corrected chi connectivity index (χ4v) is 1.38. The van der Waals surface area contributed by atoms with Crippen LogP contribution >= 0.6 is 0 Å². The van der Waals surface area contributed by atoms with E-state index in [1.165, 1.54) is 11.4 Å². The minimum atomic E-state index is 1.03. The minimum Gasteiger partial charge on any atom is -0.303 e. The van der Waals surface area contributed by atoms with Crippen molar-refractivity contribution in [2.24, 2.45) is 0 Å². The molecule has 0 fully saturated rings. The fraction of sp³-hybridized carbons (Fsp3) is 0.222. The third-order valence-corrected chi connectivity index (χ3v) is 1.93. The van der Waals surface area contributed by atoms with Crippen LogP contribution in [0.4, 0.5) is 0 Å². The number of aromatic nitrogens is 2. The lowest BCUT2D eigenvalue weighted by Gasteiger charge is -2.00. The Morgan fingerprint density at radius 2 is 1.82 bits per heavy atom. The molecule has 2 heterocycles. The Balaban J connectivity index is 2.96. The maximum atomic E-state index is 4.23. The SMILES string of the molecule is Cc1ccnc2ccc(C)n12. The van der Waals surface area contributed by atoms with Crippen molar-refractivity contribution in [3.63, 3.8) is 0 Å². The van der Waals surface area contributed by atoms with Crippen LogP contribution in [0.3, 0.4) is 0 Å². The van der Waals surface area contributed by atoms with Crippen molar-refractivity contribution in [2.75, 3.05) is 0 Å². The lowest BCUT2D eigenvalue weighted by Crippen LogP contribution is -1.93. The van der Waals surface area contributed by atoms with Crippen molar-refractivity contribution in [1.82, 2.24) is 9.38 Å². The average Bonchev–Trinajstić information content (AvgIpc) is 2.34. The molecule has 0 saturated carbocycles. The standard InChI is InChI=1S/C9H10N2/c1-7-3-4-9-10-6-5-8(2)11(7)9/h3-6H,1-2H3. The summed E-state index contributed by atoms with van der Waals surface area (Å²) < 4.78 is 2.14. The molecule has 0 aromatic carbocycles. The molecule has 56 valence electrons. The van der Waals surface area contributed by atoms with E-state index in [0.717, 1.165) is 5.65 Å². The number of aryl methyl sites for hydroxylation is 2. The smallest absolute Gasteiger partial charge is 0.137 e. The predicted octanol–water partition coefficient (Wildman–Crippen LogP) is 1.95. The van der Waals surface area contributed by atoms with E-state index in [1.54, 1.807) is 0 Å². The second kappa shape index (κ2) is 2.09. The molecule has 2 aromatic heterocycles. The van der Waals surface area contributed by atoms with E-state index in [4.69, 9.17) is 0 Å². The first-order chi connectivity index (χ1) is 5.29. The van der Waals surface area contributed by atoms with Crippen molar-refractivity contribution < 1.29 is 0 Å². The molecule has 0 bridgehead atoms. The Morgan fingerprint density at radius 1 is 1.09 bits per heavy atom. The molecule has 2 rings (SSSR count). The summed E-state index contributed by atoms with van der Waals surface area (Å²) >= 11 is 0. The first-order valence-electron chi connectivity index (χ1n) is 3.69. The molecule has 0 aliphatic rings. The molecule has 0 saturated heterocycles. The van der Waals surface area contributed by atoms with Crippen molar-refractivity contribution >= 4 is 5.65 Å². The largest absolute Gasteiger partial charge is 0.303 e. The van der Waals surface area contributed by atoms with Crippen LogP contribution in [-0.4, -0.2) is 9.38 Å². The van der Waals surface area contributed by atoms with Crippen molar-refractivity contribution in [3.8, 4) is 0 Å². The summed E-state index contributed by atoms with van der Waals surface area (Å²) in [5, 5.41) is 0. The van der Waals surface area contributed by atoms with E-state index < -0.39 is 0 Å². The van der Waals surface area contributed by atoms with Crippen molar-refractivity contribution in [1.29, 1.82) is 0 Å². The molecule has 2 heteroatoms. The van der Waals surface area contributed by atoms with Crippen molar-refractivity contribution in [3.05, 3.63) is 35.8 Å². The van der Waals surface area contributed by atoms with Crippen LogP contribution in [0.2, 0.25) is 0 Å². The molecule has 2 nitrogen and oxygen atoms in total. The summed E-state index contributed by atoms with van der Waals surface area (Å²) in [6.45, 7) is 4.17. The maximum Gasteiger partial charge on any atom is 0.137 e. The first kappa shape index (κ1) is 6.40. The van der Waals surface area contributed by atoms with Gasteiger partial charge in [-0.25, -0.2) is 4.98 Å². The lowest BCUT2D eigenvalue weighted by atomic mass is 10.4. The predicted molar refractivity (Wildman–Crippen MR) is 44.7 cm³/mol. The highest BCUT2D eigenvalue weighted by Crippen LogP contribution is 2.08. The van der Waals surface area contributed by atoms with E-state index in [0.29, 0.717) is 0 Å². The van der Waals surface area contributed by atoms with Gasteiger partial charge in [0, 0.05) is 17.6 Å². The molecule has 11 heavy (non-hydrogen) atoms. The van der Waals surface area contributed by atoms with Gasteiger partial charge in [0.05, 0.1) is 0 Å². The van der Waals surface area contributed by atoms with Gasteiger partial charge in [-0.15, -0.1) is 0 Å². The van der Waals surface area contributed by atoms with Gasteiger partial charge in [0.1, 0.15) is 5.65 Å². The molecule has 0 aliphatic carbocycles. The second-order valence-electron chi connectivity index (χ2n) is 2.75. The average molecular weight is 146 g/mol. The number of hydrogen-bond donors (Lipinski definition) is 0. The Hall–Kier alpha value is -1.31. The maximum absolute atomic E-state index is 4.23. The zero-order valence-corrected chi connectivity index (χ0v) is 6.70. The number of fused-ring (bicyclic) bond motifs is 1. The van der Waals surface area contributed by atoms with Gasteiger partial charge in [-0.1, -0.05) is 0 Å². The lowest BCUT2D eigenvalue weighted by molar-refractivity contribution is 1.01. The monoisotopic (exact) mass is 146 g/mol. The quantitative estimate of drug-likeness (QED) is 0.555. The van der Waals surface area contributed by atoms with E-state index in [1.807, 2.05) is 18.3 Å². The first-order valence-corrected chi connectivity index (χ1v) is 3.69. The molecule has 0 aliphatic heterocycles. The topological polar surface area (TPSA) is 17.3 Å². The third kappa shape index (κ3) is 0.827. The van der Waals surface area contributed by atoms with Crippen LogP contribution in [-0.2, 0) is 0 Å². The molecule has 2 aromatic rings. The molecule has 0 unspecified atom stereocenters. The highest BCUT2D eigenvalue weighted by atomic mass is 15.0. The summed E-state index contributed by atoms with van der Waals surface area (Å²) in [6.07, 6.45) is 1.84. The van der Waals surface area contributed by atoms with Gasteiger partial charge >= 0.3 is 0 Å². The molecular weight excluding hydrogens is 136 g/mol. The molecule has 0 N–H and O–H groups in total. The zero-order chi connectivity index (χ0) is 7.84. The van der Waals surface area contributed by atoms with Crippen LogP contribution in [0.15, 0.2) is 24.4 Å². The molecular formula is C9H10N2. The summed E-state index contributed by atoms with van der Waals surface area (Å²) in [5.74, 6) is 0.